The van der Waals surface area contributed by atoms with E-state index in [-0.39, 0.29) is 12.1 Å². The van der Waals surface area contributed by atoms with Gasteiger partial charge >= 0.3 is 0 Å². The predicted octanol–water partition coefficient (Wildman–Crippen LogP) is 2.30. The van der Waals surface area contributed by atoms with Crippen molar-refractivity contribution in [2.45, 2.75) is 6.17 Å². The summed E-state index contributed by atoms with van der Waals surface area (Å²) >= 11 is 0. The van der Waals surface area contributed by atoms with Gasteiger partial charge in [-0.15, -0.1) is 0 Å². The van der Waals surface area contributed by atoms with Crippen LogP contribution in [0.15, 0.2) is 58.8 Å². The second-order valence-electron chi connectivity index (χ2n) is 5.79. The predicted molar refractivity (Wildman–Crippen MR) is 91.2 cm³/mol. The quantitative estimate of drug-likeness (QED) is 0.942. The van der Waals surface area contributed by atoms with Crippen molar-refractivity contribution in [2.24, 2.45) is 5.10 Å². The molecule has 1 fully saturated rings. The summed E-state index contributed by atoms with van der Waals surface area (Å²) in [4.78, 5) is 16.8. The van der Waals surface area contributed by atoms with E-state index in [1.165, 1.54) is 0 Å². The van der Waals surface area contributed by atoms with Crippen molar-refractivity contribution in [2.75, 3.05) is 19.6 Å². The fraction of sp³-hybridized carbons (Fsp3) is 0.222. The number of amidine groups is 1. The number of carbonyl (C=O) groups excluding carboxylic acids is 1. The average Bonchev–Trinajstić information content (AvgIpc) is 3.29. The summed E-state index contributed by atoms with van der Waals surface area (Å²) in [5, 5.41) is 4.38. The maximum absolute atomic E-state index is 12.8. The number of rotatable bonds is 3. The molecule has 3 heterocycles. The van der Waals surface area contributed by atoms with Crippen LogP contribution < -0.4 is 5.43 Å². The van der Waals surface area contributed by atoms with E-state index in [1.54, 1.807) is 12.3 Å². The standard InChI is InChI=1S/C18H18N4O2/c1-2-13-6-3-4-7-14(13)18(23)21-9-10-22-16(12-21)19-20-17(22)15-8-5-11-24-15/h2-8,11,17,20H,1,9-10,12H2. The van der Waals surface area contributed by atoms with Crippen molar-refractivity contribution < 1.29 is 9.21 Å². The van der Waals surface area contributed by atoms with Crippen molar-refractivity contribution in [1.29, 1.82) is 0 Å². The van der Waals surface area contributed by atoms with Crippen LogP contribution in [0.4, 0.5) is 0 Å². The van der Waals surface area contributed by atoms with Crippen molar-refractivity contribution in [3.63, 3.8) is 0 Å². The highest BCUT2D eigenvalue weighted by atomic mass is 16.3. The molecule has 1 aromatic heterocycles. The Bertz CT molecular complexity index is 797. The number of nitrogens with zero attached hydrogens (tertiary/aromatic N) is 3. The van der Waals surface area contributed by atoms with Crippen LogP contribution in [0.1, 0.15) is 27.8 Å². The first-order valence-corrected chi connectivity index (χ1v) is 7.91. The summed E-state index contributed by atoms with van der Waals surface area (Å²) in [5.41, 5.74) is 4.62. The number of hydrazone groups is 1. The van der Waals surface area contributed by atoms with E-state index in [1.807, 2.05) is 41.3 Å². The highest BCUT2D eigenvalue weighted by molar-refractivity contribution is 6.00. The fourth-order valence-corrected chi connectivity index (χ4v) is 3.16. The second-order valence-corrected chi connectivity index (χ2v) is 5.79. The van der Waals surface area contributed by atoms with Crippen molar-refractivity contribution in [1.82, 2.24) is 15.2 Å². The number of fused-ring (bicyclic) bond motifs is 1. The maximum Gasteiger partial charge on any atom is 0.254 e. The van der Waals surface area contributed by atoms with E-state index >= 15 is 0 Å². The van der Waals surface area contributed by atoms with Crippen LogP contribution in [0.2, 0.25) is 0 Å². The molecule has 2 aliphatic heterocycles. The molecule has 6 heteroatoms. The Kier molecular flexibility index (Phi) is 3.57. The van der Waals surface area contributed by atoms with E-state index in [0.29, 0.717) is 25.2 Å². The van der Waals surface area contributed by atoms with Crippen LogP contribution in [0.5, 0.6) is 0 Å². The molecule has 6 nitrogen and oxygen atoms in total. The third-order valence-corrected chi connectivity index (χ3v) is 4.41. The molecule has 1 aromatic carbocycles. The van der Waals surface area contributed by atoms with E-state index in [0.717, 1.165) is 17.2 Å². The van der Waals surface area contributed by atoms with Crippen molar-refractivity contribution >= 4 is 17.8 Å². The summed E-state index contributed by atoms with van der Waals surface area (Å²) in [5.74, 6) is 1.69. The first-order chi connectivity index (χ1) is 11.8. The maximum atomic E-state index is 12.8. The van der Waals surface area contributed by atoms with Gasteiger partial charge in [0.05, 0.1) is 12.8 Å². The van der Waals surface area contributed by atoms with E-state index in [2.05, 4.69) is 22.0 Å². The van der Waals surface area contributed by atoms with E-state index in [9.17, 15) is 4.79 Å². The number of carbonyl (C=O) groups is 1. The van der Waals surface area contributed by atoms with Crippen LogP contribution in [-0.2, 0) is 0 Å². The monoisotopic (exact) mass is 322 g/mol. The molecule has 1 saturated heterocycles. The molecule has 1 N–H and O–H groups in total. The molecule has 122 valence electrons. The zero-order valence-corrected chi connectivity index (χ0v) is 13.2. The molecule has 24 heavy (non-hydrogen) atoms. The smallest absolute Gasteiger partial charge is 0.254 e. The van der Waals surface area contributed by atoms with Gasteiger partial charge < -0.3 is 14.2 Å². The lowest BCUT2D eigenvalue weighted by molar-refractivity contribution is 0.0732. The lowest BCUT2D eigenvalue weighted by atomic mass is 10.1. The summed E-state index contributed by atoms with van der Waals surface area (Å²) in [6.45, 7) is 5.62. The number of nitrogens with one attached hydrogen (secondary N) is 1. The van der Waals surface area contributed by atoms with Gasteiger partial charge in [0.25, 0.3) is 5.91 Å². The molecule has 1 amide bonds. The van der Waals surface area contributed by atoms with E-state index < -0.39 is 0 Å². The van der Waals surface area contributed by atoms with Gasteiger partial charge in [-0.25, -0.2) is 0 Å². The molecule has 4 rings (SSSR count). The SMILES string of the molecule is C=Cc1ccccc1C(=O)N1CCN2C(=NNC2c2ccco2)C1. The fourth-order valence-electron chi connectivity index (χ4n) is 3.16. The first-order valence-electron chi connectivity index (χ1n) is 7.91. The van der Waals surface area contributed by atoms with Gasteiger partial charge in [-0.3, -0.25) is 10.2 Å². The topological polar surface area (TPSA) is 61.1 Å². The third-order valence-electron chi connectivity index (χ3n) is 4.41. The van der Waals surface area contributed by atoms with Gasteiger partial charge in [0.2, 0.25) is 0 Å². The van der Waals surface area contributed by atoms with Gasteiger partial charge in [-0.2, -0.15) is 5.10 Å². The Morgan fingerprint density at radius 2 is 2.17 bits per heavy atom. The summed E-state index contributed by atoms with van der Waals surface area (Å²) in [7, 11) is 0. The van der Waals surface area contributed by atoms with Crippen molar-refractivity contribution in [3.05, 3.63) is 66.1 Å². The molecular weight excluding hydrogens is 304 g/mol. The zero-order valence-electron chi connectivity index (χ0n) is 13.2. The summed E-state index contributed by atoms with van der Waals surface area (Å²) < 4.78 is 5.47. The number of piperazine rings is 1. The minimum Gasteiger partial charge on any atom is -0.465 e. The van der Waals surface area contributed by atoms with Gasteiger partial charge in [-0.1, -0.05) is 30.9 Å². The Morgan fingerprint density at radius 1 is 1.29 bits per heavy atom. The molecule has 0 radical (unpaired) electrons. The molecule has 0 saturated carbocycles. The highest BCUT2D eigenvalue weighted by Crippen LogP contribution is 2.26. The number of furan rings is 1. The number of hydrogen-bond donors (Lipinski definition) is 1. The largest absolute Gasteiger partial charge is 0.465 e. The Labute approximate surface area is 140 Å². The van der Waals surface area contributed by atoms with Crippen LogP contribution >= 0.6 is 0 Å². The third kappa shape index (κ3) is 2.36. The van der Waals surface area contributed by atoms with Gasteiger partial charge in [0, 0.05) is 18.7 Å². The lowest BCUT2D eigenvalue weighted by Gasteiger charge is -2.36. The van der Waals surface area contributed by atoms with Crippen LogP contribution in [0, 0.1) is 0 Å². The Morgan fingerprint density at radius 3 is 2.96 bits per heavy atom. The molecule has 2 aliphatic rings. The molecule has 0 aliphatic carbocycles. The van der Waals surface area contributed by atoms with Crippen LogP contribution in [0.3, 0.4) is 0 Å². The van der Waals surface area contributed by atoms with Gasteiger partial charge in [0.1, 0.15) is 11.6 Å². The molecule has 1 unspecified atom stereocenters. The molecule has 0 spiro atoms. The number of amides is 1. The van der Waals surface area contributed by atoms with E-state index in [4.69, 9.17) is 4.42 Å². The van der Waals surface area contributed by atoms with Gasteiger partial charge in [0.15, 0.2) is 6.17 Å². The molecule has 0 bridgehead atoms. The number of benzene rings is 1. The zero-order chi connectivity index (χ0) is 16.5. The van der Waals surface area contributed by atoms with Crippen molar-refractivity contribution in [3.8, 4) is 0 Å². The average molecular weight is 322 g/mol. The summed E-state index contributed by atoms with van der Waals surface area (Å²) in [6.07, 6.45) is 3.28. The first kappa shape index (κ1) is 14.6. The Hall–Kier alpha value is -3.02. The minimum atomic E-state index is -0.0901. The molecule has 2 aromatic rings. The molecule has 1 atom stereocenters. The normalized spacial score (nSPS) is 19.5. The summed E-state index contributed by atoms with van der Waals surface area (Å²) in [6, 6.07) is 11.3. The lowest BCUT2D eigenvalue weighted by Crippen LogP contribution is -2.51. The number of hydrogen-bond acceptors (Lipinski definition) is 5. The van der Waals surface area contributed by atoms with Crippen LogP contribution in [-0.4, -0.2) is 41.2 Å². The molecular formula is C18H18N4O2. The minimum absolute atomic E-state index is 0.00861. The van der Waals surface area contributed by atoms with Crippen LogP contribution in [0.25, 0.3) is 6.08 Å². The van der Waals surface area contributed by atoms with Gasteiger partial charge in [-0.05, 0) is 23.8 Å². The highest BCUT2D eigenvalue weighted by Gasteiger charge is 2.36. The Balaban J connectivity index is 1.51. The second kappa shape index (κ2) is 5.88.